The molecule has 12 nitrogen and oxygen atoms in total. The molecule has 4 atom stereocenters. The summed E-state index contributed by atoms with van der Waals surface area (Å²) >= 11 is 0. The summed E-state index contributed by atoms with van der Waals surface area (Å²) in [4.78, 5) is 45.2. The van der Waals surface area contributed by atoms with Gasteiger partial charge in [0.05, 0.1) is 11.8 Å². The standard InChI is InChI=1S/C22H26N2O3.C12H12N2O.C8H12O4.CH4/c1-15(25)16-4-3-5-17(14-16)22(26)24-19-8-12-21(13-9-19)27-20-10-6-18(23-2)7-11-20;13-9-1-5-11(6-2-9)15-12-7-3-10(14)4-8-12;9-7(10)5-2-1-3-6(4-5)8(11)12;/h6-13,16-17,23H,3-5,14H2,1-2H3,(H,24,26);1-8H,13-14H2;5-6H,1-4H2,(H,9,10)(H,11,12);1H4. The molecule has 2 aliphatic rings. The Labute approximate surface area is 323 Å². The molecule has 4 aromatic rings. The van der Waals surface area contributed by atoms with Crippen molar-refractivity contribution in [3.05, 3.63) is 97.1 Å². The lowest BCUT2D eigenvalue weighted by molar-refractivity contribution is -0.147. The number of benzene rings is 4. The molecule has 0 bridgehead atoms. The number of Topliss-reactive ketones (excluding diaryl/α,β-unsaturated/α-hetero) is 1. The molecular weight excluding hydrogens is 700 g/mol. The van der Waals surface area contributed by atoms with Gasteiger partial charge in [-0.2, -0.15) is 0 Å². The van der Waals surface area contributed by atoms with E-state index in [4.69, 9.17) is 31.2 Å². The summed E-state index contributed by atoms with van der Waals surface area (Å²) in [5.74, 6) is 0.496. The summed E-state index contributed by atoms with van der Waals surface area (Å²) in [7, 11) is 1.87. The number of nitrogen functional groups attached to an aromatic ring is 2. The number of carbonyl (C=O) groups is 4. The second-order valence-corrected chi connectivity index (χ2v) is 13.5. The number of anilines is 4. The topological polar surface area (TPSA) is 203 Å². The average molecular weight is 755 g/mol. The minimum absolute atomic E-state index is 0. The van der Waals surface area contributed by atoms with Crippen molar-refractivity contribution >= 4 is 46.4 Å². The molecule has 12 heteroatoms. The third kappa shape index (κ3) is 14.4. The Morgan fingerprint density at radius 2 is 0.909 bits per heavy atom. The number of nitrogens with one attached hydrogen (secondary N) is 2. The SMILES string of the molecule is C.CNc1ccc(Oc2ccc(NC(=O)C3CCCC(C(C)=O)C3)cc2)cc1.Nc1ccc(Oc2ccc(N)cc2)cc1.O=C(O)C1CCCC(C(=O)O)C1. The number of rotatable bonds is 10. The highest BCUT2D eigenvalue weighted by molar-refractivity contribution is 5.93. The van der Waals surface area contributed by atoms with Crippen molar-refractivity contribution in [1.82, 2.24) is 0 Å². The van der Waals surface area contributed by atoms with Crippen LogP contribution < -0.4 is 31.6 Å². The number of nitrogens with two attached hydrogens (primary N) is 2. The Bertz CT molecular complexity index is 1750. The van der Waals surface area contributed by atoms with Crippen molar-refractivity contribution in [3.63, 3.8) is 0 Å². The van der Waals surface area contributed by atoms with Crippen molar-refractivity contribution in [2.45, 2.75) is 65.7 Å². The van der Waals surface area contributed by atoms with Crippen molar-refractivity contribution in [2.75, 3.05) is 29.1 Å². The van der Waals surface area contributed by atoms with Crippen LogP contribution in [0.15, 0.2) is 97.1 Å². The van der Waals surface area contributed by atoms with Gasteiger partial charge >= 0.3 is 11.9 Å². The summed E-state index contributed by atoms with van der Waals surface area (Å²) < 4.78 is 11.4. The van der Waals surface area contributed by atoms with Gasteiger partial charge in [-0.1, -0.05) is 20.3 Å². The molecule has 0 heterocycles. The first-order valence-corrected chi connectivity index (χ1v) is 18.1. The molecule has 4 aromatic carbocycles. The third-order valence-corrected chi connectivity index (χ3v) is 9.49. The predicted molar refractivity (Wildman–Crippen MR) is 216 cm³/mol. The zero-order chi connectivity index (χ0) is 39.0. The van der Waals surface area contributed by atoms with E-state index in [1.165, 1.54) is 0 Å². The Morgan fingerprint density at radius 3 is 1.29 bits per heavy atom. The van der Waals surface area contributed by atoms with Gasteiger partial charge < -0.3 is 41.8 Å². The normalized spacial score (nSPS) is 18.6. The molecular formula is C43H54N4O8. The Kier molecular flexibility index (Phi) is 17.0. The Morgan fingerprint density at radius 1 is 0.564 bits per heavy atom. The lowest BCUT2D eigenvalue weighted by Crippen LogP contribution is -2.30. The van der Waals surface area contributed by atoms with E-state index in [-0.39, 0.29) is 31.0 Å². The molecule has 55 heavy (non-hydrogen) atoms. The van der Waals surface area contributed by atoms with Crippen molar-refractivity contribution in [2.24, 2.45) is 23.7 Å². The van der Waals surface area contributed by atoms with Crippen molar-refractivity contribution in [3.8, 4) is 23.0 Å². The van der Waals surface area contributed by atoms with E-state index in [0.717, 1.165) is 59.3 Å². The molecule has 2 aliphatic carbocycles. The molecule has 1 amide bonds. The summed E-state index contributed by atoms with van der Waals surface area (Å²) in [5, 5.41) is 23.3. The van der Waals surface area contributed by atoms with Crippen LogP contribution in [0, 0.1) is 23.7 Å². The molecule has 0 saturated heterocycles. The van der Waals surface area contributed by atoms with Crippen molar-refractivity contribution < 1.29 is 38.9 Å². The number of hydrogen-bond acceptors (Lipinski definition) is 9. The first kappa shape index (κ1) is 43.4. The fourth-order valence-corrected chi connectivity index (χ4v) is 6.32. The quantitative estimate of drug-likeness (QED) is 0.0843. The molecule has 0 radical (unpaired) electrons. The molecule has 4 unspecified atom stereocenters. The Hall–Kier alpha value is -6.04. The van der Waals surface area contributed by atoms with Gasteiger partial charge in [0, 0.05) is 41.6 Å². The third-order valence-electron chi connectivity index (χ3n) is 9.49. The maximum absolute atomic E-state index is 12.5. The van der Waals surface area contributed by atoms with Crippen LogP contribution in [0.25, 0.3) is 0 Å². The zero-order valence-electron chi connectivity index (χ0n) is 30.7. The van der Waals surface area contributed by atoms with Crippen LogP contribution in [0.1, 0.15) is 65.7 Å². The molecule has 8 N–H and O–H groups in total. The minimum atomic E-state index is -0.860. The van der Waals surface area contributed by atoms with E-state index in [0.29, 0.717) is 37.9 Å². The molecule has 6 rings (SSSR count). The number of carboxylic acids is 2. The van der Waals surface area contributed by atoms with Crippen LogP contribution >= 0.6 is 0 Å². The van der Waals surface area contributed by atoms with Gasteiger partial charge in [0.15, 0.2) is 0 Å². The first-order chi connectivity index (χ1) is 25.9. The van der Waals surface area contributed by atoms with Crippen LogP contribution in [0.4, 0.5) is 22.7 Å². The highest BCUT2D eigenvalue weighted by Gasteiger charge is 2.31. The van der Waals surface area contributed by atoms with E-state index in [9.17, 15) is 19.2 Å². The van der Waals surface area contributed by atoms with Gasteiger partial charge in [-0.05, 0) is 143 Å². The lowest BCUT2D eigenvalue weighted by Gasteiger charge is -2.26. The number of carbonyl (C=O) groups excluding carboxylic acids is 2. The maximum atomic E-state index is 12.5. The van der Waals surface area contributed by atoms with Gasteiger partial charge in [-0.25, -0.2) is 0 Å². The van der Waals surface area contributed by atoms with Crippen molar-refractivity contribution in [1.29, 1.82) is 0 Å². The number of ether oxygens (including phenoxy) is 2. The first-order valence-electron chi connectivity index (χ1n) is 18.1. The molecule has 294 valence electrons. The molecule has 0 spiro atoms. The molecule has 2 saturated carbocycles. The van der Waals surface area contributed by atoms with Crippen LogP contribution in [0.3, 0.4) is 0 Å². The smallest absolute Gasteiger partial charge is 0.306 e. The van der Waals surface area contributed by atoms with E-state index < -0.39 is 23.8 Å². The zero-order valence-corrected chi connectivity index (χ0v) is 30.7. The van der Waals surface area contributed by atoms with Gasteiger partial charge in [-0.15, -0.1) is 0 Å². The van der Waals surface area contributed by atoms with Crippen LogP contribution in [-0.4, -0.2) is 40.9 Å². The summed E-state index contributed by atoms with van der Waals surface area (Å²) in [5.41, 5.74) is 14.3. The maximum Gasteiger partial charge on any atom is 0.306 e. The second-order valence-electron chi connectivity index (χ2n) is 13.5. The highest BCUT2D eigenvalue weighted by atomic mass is 16.5. The molecule has 2 fully saturated rings. The molecule has 0 aromatic heterocycles. The van der Waals surface area contributed by atoms with Crippen LogP contribution in [0.5, 0.6) is 23.0 Å². The number of ketones is 1. The van der Waals surface area contributed by atoms with Gasteiger partial charge in [-0.3, -0.25) is 19.2 Å². The van der Waals surface area contributed by atoms with Crippen LogP contribution in [0.2, 0.25) is 0 Å². The molecule has 0 aliphatic heterocycles. The average Bonchev–Trinajstić information content (AvgIpc) is 3.18. The van der Waals surface area contributed by atoms with Gasteiger partial charge in [0.1, 0.15) is 28.8 Å². The number of hydrogen-bond donors (Lipinski definition) is 6. The fraction of sp³-hybridized carbons (Fsp3) is 0.349. The number of carboxylic acid groups (broad SMARTS) is 2. The fourth-order valence-electron chi connectivity index (χ4n) is 6.32. The number of aliphatic carboxylic acids is 2. The van der Waals surface area contributed by atoms with Gasteiger partial charge in [0.2, 0.25) is 5.91 Å². The largest absolute Gasteiger partial charge is 0.481 e. The van der Waals surface area contributed by atoms with E-state index in [1.54, 1.807) is 31.2 Å². The van der Waals surface area contributed by atoms with E-state index in [2.05, 4.69) is 10.6 Å². The van der Waals surface area contributed by atoms with E-state index in [1.807, 2.05) is 79.8 Å². The van der Waals surface area contributed by atoms with E-state index >= 15 is 0 Å². The van der Waals surface area contributed by atoms with Crippen LogP contribution in [-0.2, 0) is 19.2 Å². The lowest BCUT2D eigenvalue weighted by atomic mass is 9.79. The monoisotopic (exact) mass is 754 g/mol. The Balaban J connectivity index is 0.000000244. The highest BCUT2D eigenvalue weighted by Crippen LogP contribution is 2.32. The predicted octanol–water partition coefficient (Wildman–Crippen LogP) is 9.10. The number of amides is 1. The summed E-state index contributed by atoms with van der Waals surface area (Å²) in [6.07, 6.45) is 5.60. The summed E-state index contributed by atoms with van der Waals surface area (Å²) in [6.45, 7) is 1.62. The summed E-state index contributed by atoms with van der Waals surface area (Å²) in [6, 6.07) is 29.5. The minimum Gasteiger partial charge on any atom is -0.481 e. The van der Waals surface area contributed by atoms with Gasteiger partial charge in [0.25, 0.3) is 0 Å². The second kappa shape index (κ2) is 21.6.